The zero-order chi connectivity index (χ0) is 25.4. The largest absolute Gasteiger partial charge is 0.481 e. The Labute approximate surface area is 206 Å². The van der Waals surface area contributed by atoms with E-state index in [4.69, 9.17) is 4.74 Å². The summed E-state index contributed by atoms with van der Waals surface area (Å²) in [5.41, 5.74) is 4.36. The van der Waals surface area contributed by atoms with Crippen molar-refractivity contribution in [1.82, 2.24) is 4.98 Å². The lowest BCUT2D eigenvalue weighted by Gasteiger charge is -2.18. The highest BCUT2D eigenvalue weighted by molar-refractivity contribution is 5.88. The van der Waals surface area contributed by atoms with Crippen LogP contribution in [0.1, 0.15) is 58.7 Å². The van der Waals surface area contributed by atoms with E-state index in [0.29, 0.717) is 11.5 Å². The van der Waals surface area contributed by atoms with Crippen LogP contribution in [0.25, 0.3) is 5.57 Å². The van der Waals surface area contributed by atoms with Crippen molar-refractivity contribution in [3.05, 3.63) is 99.7 Å². The van der Waals surface area contributed by atoms with Gasteiger partial charge in [-0.25, -0.2) is 4.98 Å². The second-order valence-electron chi connectivity index (χ2n) is 10.5. The molecule has 0 spiro atoms. The number of carboxylic acid groups (broad SMARTS) is 1. The van der Waals surface area contributed by atoms with Crippen LogP contribution in [0.15, 0.2) is 60.8 Å². The van der Waals surface area contributed by atoms with Crippen molar-refractivity contribution in [1.29, 1.82) is 0 Å². The Balaban J connectivity index is 1.26. The number of aliphatic carboxylic acids is 1. The molecule has 3 aliphatic carbocycles. The molecular formula is C29H24F3NO3. The summed E-state index contributed by atoms with van der Waals surface area (Å²) in [5, 5.41) is 9.29. The molecule has 6 rings (SSSR count). The van der Waals surface area contributed by atoms with Gasteiger partial charge in [0.15, 0.2) is 0 Å². The second kappa shape index (κ2) is 7.69. The summed E-state index contributed by atoms with van der Waals surface area (Å²) in [4.78, 5) is 15.7. The van der Waals surface area contributed by atoms with E-state index in [0.717, 1.165) is 40.3 Å². The molecule has 3 aliphatic rings. The summed E-state index contributed by atoms with van der Waals surface area (Å²) in [6.07, 6.45) is -0.102. The van der Waals surface area contributed by atoms with Crippen LogP contribution in [-0.4, -0.2) is 16.1 Å². The predicted molar refractivity (Wildman–Crippen MR) is 128 cm³/mol. The van der Waals surface area contributed by atoms with Crippen molar-refractivity contribution in [3.8, 4) is 5.88 Å². The maximum Gasteiger partial charge on any atom is 0.417 e. The quantitative estimate of drug-likeness (QED) is 0.450. The maximum absolute atomic E-state index is 13.8. The van der Waals surface area contributed by atoms with Gasteiger partial charge >= 0.3 is 12.1 Å². The van der Waals surface area contributed by atoms with Gasteiger partial charge in [0.25, 0.3) is 0 Å². The lowest BCUT2D eigenvalue weighted by atomic mass is 9.86. The van der Waals surface area contributed by atoms with E-state index >= 15 is 0 Å². The zero-order valence-corrected chi connectivity index (χ0v) is 19.8. The fourth-order valence-corrected chi connectivity index (χ4v) is 6.01. The van der Waals surface area contributed by atoms with Gasteiger partial charge in [-0.05, 0) is 63.4 Å². The van der Waals surface area contributed by atoms with Crippen molar-refractivity contribution in [2.75, 3.05) is 0 Å². The van der Waals surface area contributed by atoms with Gasteiger partial charge in [0.2, 0.25) is 5.88 Å². The Hall–Kier alpha value is -3.61. The average Bonchev–Trinajstić information content (AvgIpc) is 3.32. The molecule has 7 heteroatoms. The molecule has 0 bridgehead atoms. The van der Waals surface area contributed by atoms with E-state index in [9.17, 15) is 23.1 Å². The van der Waals surface area contributed by atoms with Gasteiger partial charge in [0.1, 0.15) is 6.61 Å². The minimum Gasteiger partial charge on any atom is -0.481 e. The monoisotopic (exact) mass is 491 g/mol. The minimum absolute atomic E-state index is 0.0592. The third-order valence-electron chi connectivity index (χ3n) is 7.75. The first-order chi connectivity index (χ1) is 17.0. The van der Waals surface area contributed by atoms with E-state index in [1.807, 2.05) is 44.2 Å². The van der Waals surface area contributed by atoms with Crippen LogP contribution in [0, 0.1) is 11.8 Å². The highest BCUT2D eigenvalue weighted by atomic mass is 19.4. The molecule has 36 heavy (non-hydrogen) atoms. The molecule has 1 fully saturated rings. The number of alkyl halides is 3. The Bertz CT molecular complexity index is 1440. The molecule has 4 nitrogen and oxygen atoms in total. The molecule has 0 saturated heterocycles. The van der Waals surface area contributed by atoms with Crippen molar-refractivity contribution in [2.45, 2.75) is 44.4 Å². The summed E-state index contributed by atoms with van der Waals surface area (Å²) in [7, 11) is 0. The number of hydrogen-bond acceptors (Lipinski definition) is 3. The molecule has 0 amide bonds. The molecule has 3 atom stereocenters. The van der Waals surface area contributed by atoms with Crippen LogP contribution in [-0.2, 0) is 29.4 Å². The fourth-order valence-electron chi connectivity index (χ4n) is 6.01. The maximum atomic E-state index is 13.8. The lowest BCUT2D eigenvalue weighted by Crippen LogP contribution is -2.11. The molecule has 184 valence electrons. The summed E-state index contributed by atoms with van der Waals surface area (Å²) >= 11 is 0. The van der Waals surface area contributed by atoms with Crippen molar-refractivity contribution in [2.24, 2.45) is 11.8 Å². The number of aromatic nitrogens is 1. The van der Waals surface area contributed by atoms with E-state index in [2.05, 4.69) is 4.98 Å². The van der Waals surface area contributed by atoms with Crippen LogP contribution in [0.3, 0.4) is 0 Å². The van der Waals surface area contributed by atoms with Crippen LogP contribution in [0.5, 0.6) is 5.88 Å². The molecule has 0 aliphatic heterocycles. The third-order valence-corrected chi connectivity index (χ3v) is 7.75. The number of ether oxygens (including phenoxy) is 1. The molecule has 3 unspecified atom stereocenters. The molecule has 1 saturated carbocycles. The predicted octanol–water partition coefficient (Wildman–Crippen LogP) is 6.37. The van der Waals surface area contributed by atoms with Crippen molar-refractivity contribution < 1.29 is 27.8 Å². The molecule has 2 aromatic carbocycles. The Morgan fingerprint density at radius 1 is 1.14 bits per heavy atom. The highest BCUT2D eigenvalue weighted by Crippen LogP contribution is 2.61. The number of allylic oxidation sites excluding steroid dienone is 1. The van der Waals surface area contributed by atoms with Gasteiger partial charge < -0.3 is 9.84 Å². The molecule has 1 heterocycles. The van der Waals surface area contributed by atoms with Gasteiger partial charge in [0.05, 0.1) is 11.5 Å². The van der Waals surface area contributed by atoms with E-state index in [1.54, 1.807) is 12.3 Å². The van der Waals surface area contributed by atoms with Gasteiger partial charge in [-0.2, -0.15) is 13.2 Å². The topological polar surface area (TPSA) is 59.4 Å². The fraction of sp³-hybridized carbons (Fsp3) is 0.310. The average molecular weight is 492 g/mol. The summed E-state index contributed by atoms with van der Waals surface area (Å²) < 4.78 is 47.2. The highest BCUT2D eigenvalue weighted by Gasteiger charge is 2.60. The van der Waals surface area contributed by atoms with E-state index in [-0.39, 0.29) is 29.9 Å². The number of carboxylic acids is 1. The first-order valence-electron chi connectivity index (χ1n) is 11.9. The number of carbonyl (C=O) groups is 1. The third kappa shape index (κ3) is 3.60. The smallest absolute Gasteiger partial charge is 0.417 e. The molecule has 0 radical (unpaired) electrons. The Morgan fingerprint density at radius 3 is 2.67 bits per heavy atom. The SMILES string of the molecule is CC1(C)C=C(c2ccccc2C(F)(F)F)c2cc(COc3cc4c(cn3)C3C(C4)C3C(=O)O)ccc21. The number of nitrogens with zero attached hydrogens (tertiary/aromatic N) is 1. The normalized spacial score (nSPS) is 22.9. The minimum atomic E-state index is -4.45. The zero-order valence-electron chi connectivity index (χ0n) is 19.8. The van der Waals surface area contributed by atoms with Crippen molar-refractivity contribution in [3.63, 3.8) is 0 Å². The first kappa shape index (κ1) is 22.8. The van der Waals surface area contributed by atoms with Gasteiger partial charge in [-0.3, -0.25) is 4.79 Å². The van der Waals surface area contributed by atoms with Crippen LogP contribution in [0.2, 0.25) is 0 Å². The number of rotatable bonds is 5. The van der Waals surface area contributed by atoms with Gasteiger partial charge in [-0.1, -0.05) is 50.3 Å². The van der Waals surface area contributed by atoms with Gasteiger partial charge in [-0.15, -0.1) is 0 Å². The standard InChI is InChI=1S/C29H24F3NO3/c1-28(2)12-20(17-5-3-4-6-23(17)29(30,31)32)18-9-15(7-8-22(18)28)14-36-24-11-16-10-19-25(21(16)13-33-24)26(19)27(34)35/h3-9,11-13,19,25-26H,10,14H2,1-2H3,(H,34,35). The van der Waals surface area contributed by atoms with Crippen LogP contribution < -0.4 is 4.74 Å². The summed E-state index contributed by atoms with van der Waals surface area (Å²) in [6.45, 7) is 4.22. The number of halogens is 3. The molecular weight excluding hydrogens is 467 g/mol. The summed E-state index contributed by atoms with van der Waals surface area (Å²) in [6, 6.07) is 13.4. The molecule has 1 N–H and O–H groups in total. The molecule has 3 aromatic rings. The van der Waals surface area contributed by atoms with Crippen LogP contribution in [0.4, 0.5) is 13.2 Å². The lowest BCUT2D eigenvalue weighted by molar-refractivity contribution is -0.139. The number of hydrogen-bond donors (Lipinski definition) is 1. The van der Waals surface area contributed by atoms with E-state index < -0.39 is 23.1 Å². The summed E-state index contributed by atoms with van der Waals surface area (Å²) in [5.74, 6) is -0.377. The van der Waals surface area contributed by atoms with Crippen molar-refractivity contribution >= 4 is 11.5 Å². The van der Waals surface area contributed by atoms with Gasteiger partial charge in [0, 0.05) is 23.6 Å². The van der Waals surface area contributed by atoms with E-state index in [1.165, 1.54) is 12.1 Å². The first-order valence-corrected chi connectivity index (χ1v) is 11.9. The number of benzene rings is 2. The number of pyridine rings is 1. The van der Waals surface area contributed by atoms with Crippen LogP contribution >= 0.6 is 0 Å². The molecule has 1 aromatic heterocycles. The second-order valence-corrected chi connectivity index (χ2v) is 10.5. The Kier molecular flexibility index (Phi) is 4.88. The Morgan fingerprint density at radius 2 is 1.92 bits per heavy atom. The number of fused-ring (bicyclic) bond motifs is 4.